The number of likely N-dealkylation sites (tertiary alicyclic amines) is 1. The van der Waals surface area contributed by atoms with Crippen molar-refractivity contribution >= 4 is 17.6 Å². The standard InChI is InChI=1S/C19H23F3N2O3/c1-13-2-4-15(5-3-13)16(25)6-7-17(26)23-12-14-8-10-24(11-9-14)18(27)19(20,21)22/h2-5,14H,6-12H2,1H3,(H,23,26). The molecule has 148 valence electrons. The lowest BCUT2D eigenvalue weighted by Gasteiger charge is -2.32. The highest BCUT2D eigenvalue weighted by molar-refractivity contribution is 5.97. The molecule has 5 nitrogen and oxygen atoms in total. The van der Waals surface area contributed by atoms with Gasteiger partial charge in [-0.25, -0.2) is 0 Å². The Hall–Kier alpha value is -2.38. The van der Waals surface area contributed by atoms with Gasteiger partial charge in [-0.1, -0.05) is 29.8 Å². The molecule has 1 heterocycles. The van der Waals surface area contributed by atoms with Crippen LogP contribution in [-0.2, 0) is 9.59 Å². The highest BCUT2D eigenvalue weighted by atomic mass is 19.4. The van der Waals surface area contributed by atoms with Gasteiger partial charge >= 0.3 is 12.1 Å². The van der Waals surface area contributed by atoms with Gasteiger partial charge < -0.3 is 10.2 Å². The molecule has 1 aromatic rings. The summed E-state index contributed by atoms with van der Waals surface area (Å²) in [6.07, 6.45) is -3.86. The third kappa shape index (κ3) is 6.37. The van der Waals surface area contributed by atoms with Crippen LogP contribution < -0.4 is 5.32 Å². The quantitative estimate of drug-likeness (QED) is 0.767. The van der Waals surface area contributed by atoms with Gasteiger partial charge in [0.1, 0.15) is 0 Å². The molecule has 1 saturated heterocycles. The van der Waals surface area contributed by atoms with Crippen LogP contribution in [0.1, 0.15) is 41.6 Å². The molecule has 27 heavy (non-hydrogen) atoms. The number of nitrogens with zero attached hydrogens (tertiary/aromatic N) is 1. The molecule has 0 atom stereocenters. The zero-order chi connectivity index (χ0) is 20.0. The first-order valence-electron chi connectivity index (χ1n) is 8.89. The highest BCUT2D eigenvalue weighted by Crippen LogP contribution is 2.23. The van der Waals surface area contributed by atoms with Crippen molar-refractivity contribution in [3.8, 4) is 0 Å². The number of nitrogens with one attached hydrogen (secondary N) is 1. The van der Waals surface area contributed by atoms with Crippen LogP contribution in [0.5, 0.6) is 0 Å². The lowest BCUT2D eigenvalue weighted by molar-refractivity contribution is -0.186. The molecule has 0 radical (unpaired) electrons. The molecule has 1 fully saturated rings. The summed E-state index contributed by atoms with van der Waals surface area (Å²) in [5, 5.41) is 2.73. The summed E-state index contributed by atoms with van der Waals surface area (Å²) >= 11 is 0. The molecule has 0 unspecified atom stereocenters. The topological polar surface area (TPSA) is 66.5 Å². The van der Waals surface area contributed by atoms with Crippen molar-refractivity contribution in [1.82, 2.24) is 10.2 Å². The SMILES string of the molecule is Cc1ccc(C(=O)CCC(=O)NCC2CCN(C(=O)C(F)(F)F)CC2)cc1. The molecule has 0 saturated carbocycles. The van der Waals surface area contributed by atoms with Gasteiger partial charge in [-0.05, 0) is 25.7 Å². The summed E-state index contributed by atoms with van der Waals surface area (Å²) in [5.74, 6) is -2.15. The monoisotopic (exact) mass is 384 g/mol. The minimum atomic E-state index is -4.84. The number of benzene rings is 1. The fourth-order valence-corrected chi connectivity index (χ4v) is 2.98. The number of piperidine rings is 1. The fraction of sp³-hybridized carbons (Fsp3) is 0.526. The first kappa shape index (κ1) is 20.9. The smallest absolute Gasteiger partial charge is 0.356 e. The summed E-state index contributed by atoms with van der Waals surface area (Å²) in [6.45, 7) is 2.33. The van der Waals surface area contributed by atoms with E-state index >= 15 is 0 Å². The number of aryl methyl sites for hydroxylation is 1. The summed E-state index contributed by atoms with van der Waals surface area (Å²) in [7, 11) is 0. The maximum atomic E-state index is 12.4. The molecule has 1 N–H and O–H groups in total. The van der Waals surface area contributed by atoms with Gasteiger partial charge in [0.2, 0.25) is 5.91 Å². The summed E-state index contributed by atoms with van der Waals surface area (Å²) in [6, 6.07) is 7.13. The molecule has 2 rings (SSSR count). The van der Waals surface area contributed by atoms with E-state index in [2.05, 4.69) is 5.32 Å². The van der Waals surface area contributed by atoms with Gasteiger partial charge in [0, 0.05) is 38.0 Å². The third-order valence-corrected chi connectivity index (χ3v) is 4.68. The Morgan fingerprint density at radius 2 is 1.67 bits per heavy atom. The second-order valence-electron chi connectivity index (χ2n) is 6.83. The molecular weight excluding hydrogens is 361 g/mol. The Morgan fingerprint density at radius 3 is 2.22 bits per heavy atom. The maximum absolute atomic E-state index is 12.4. The van der Waals surface area contributed by atoms with Gasteiger partial charge in [-0.15, -0.1) is 0 Å². The molecule has 8 heteroatoms. The number of carbonyl (C=O) groups is 3. The number of alkyl halides is 3. The Balaban J connectivity index is 1.67. The van der Waals surface area contributed by atoms with E-state index in [1.165, 1.54) is 0 Å². The van der Waals surface area contributed by atoms with Crippen molar-refractivity contribution in [3.63, 3.8) is 0 Å². The van der Waals surface area contributed by atoms with Gasteiger partial charge in [-0.3, -0.25) is 14.4 Å². The van der Waals surface area contributed by atoms with Crippen LogP contribution >= 0.6 is 0 Å². The van der Waals surface area contributed by atoms with E-state index in [-0.39, 0.29) is 43.5 Å². The summed E-state index contributed by atoms with van der Waals surface area (Å²) in [5.41, 5.74) is 1.61. The first-order valence-corrected chi connectivity index (χ1v) is 8.89. The molecule has 0 bridgehead atoms. The molecule has 0 aromatic heterocycles. The molecule has 1 aromatic carbocycles. The number of halogens is 3. The summed E-state index contributed by atoms with van der Waals surface area (Å²) < 4.78 is 37.2. The van der Waals surface area contributed by atoms with Crippen LogP contribution in [0, 0.1) is 12.8 Å². The van der Waals surface area contributed by atoms with E-state index in [0.717, 1.165) is 10.5 Å². The molecular formula is C19H23F3N2O3. The predicted molar refractivity (Wildman–Crippen MR) is 93.1 cm³/mol. The molecule has 0 spiro atoms. The fourth-order valence-electron chi connectivity index (χ4n) is 2.98. The number of amides is 2. The second-order valence-corrected chi connectivity index (χ2v) is 6.83. The van der Waals surface area contributed by atoms with Crippen LogP contribution in [0.3, 0.4) is 0 Å². The van der Waals surface area contributed by atoms with Crippen molar-refractivity contribution in [2.24, 2.45) is 5.92 Å². The van der Waals surface area contributed by atoms with E-state index < -0.39 is 12.1 Å². The van der Waals surface area contributed by atoms with Crippen molar-refractivity contribution in [2.75, 3.05) is 19.6 Å². The first-order chi connectivity index (χ1) is 12.7. The highest BCUT2D eigenvalue weighted by Gasteiger charge is 2.43. The average Bonchev–Trinajstić information content (AvgIpc) is 2.64. The van der Waals surface area contributed by atoms with Crippen molar-refractivity contribution in [3.05, 3.63) is 35.4 Å². The second kappa shape index (κ2) is 9.01. The van der Waals surface area contributed by atoms with Crippen LogP contribution in [0.4, 0.5) is 13.2 Å². The van der Waals surface area contributed by atoms with E-state index in [9.17, 15) is 27.6 Å². The normalized spacial score (nSPS) is 15.5. The lowest BCUT2D eigenvalue weighted by Crippen LogP contribution is -2.46. The largest absolute Gasteiger partial charge is 0.471 e. The Kier molecular flexibility index (Phi) is 6.98. The van der Waals surface area contributed by atoms with Gasteiger partial charge in [0.25, 0.3) is 0 Å². The number of rotatable bonds is 6. The number of Topliss-reactive ketones (excluding diaryl/α,β-unsaturated/α-hetero) is 1. The van der Waals surface area contributed by atoms with Crippen LogP contribution in [0.2, 0.25) is 0 Å². The van der Waals surface area contributed by atoms with Crippen molar-refractivity contribution in [1.29, 1.82) is 0 Å². The van der Waals surface area contributed by atoms with Gasteiger partial charge in [-0.2, -0.15) is 13.2 Å². The van der Waals surface area contributed by atoms with Crippen molar-refractivity contribution in [2.45, 2.75) is 38.8 Å². The zero-order valence-electron chi connectivity index (χ0n) is 15.1. The van der Waals surface area contributed by atoms with E-state index in [4.69, 9.17) is 0 Å². The van der Waals surface area contributed by atoms with Gasteiger partial charge in [0.15, 0.2) is 5.78 Å². The van der Waals surface area contributed by atoms with Gasteiger partial charge in [0.05, 0.1) is 0 Å². The molecule has 1 aliphatic rings. The Bertz CT molecular complexity index is 678. The molecule has 1 aliphatic heterocycles. The minimum absolute atomic E-state index is 0.0269. The number of hydrogen-bond donors (Lipinski definition) is 1. The number of carbonyl (C=O) groups excluding carboxylic acids is 3. The van der Waals surface area contributed by atoms with Crippen LogP contribution in [0.25, 0.3) is 0 Å². The number of ketones is 1. The van der Waals surface area contributed by atoms with Crippen molar-refractivity contribution < 1.29 is 27.6 Å². The maximum Gasteiger partial charge on any atom is 0.471 e. The van der Waals surface area contributed by atoms with E-state index in [1.807, 2.05) is 19.1 Å². The summed E-state index contributed by atoms with van der Waals surface area (Å²) in [4.78, 5) is 35.9. The van der Waals surface area contributed by atoms with Crippen LogP contribution in [0.15, 0.2) is 24.3 Å². The number of hydrogen-bond acceptors (Lipinski definition) is 3. The molecule has 2 amide bonds. The third-order valence-electron chi connectivity index (χ3n) is 4.68. The van der Waals surface area contributed by atoms with E-state index in [0.29, 0.717) is 24.9 Å². The predicted octanol–water partition coefficient (Wildman–Crippen LogP) is 2.88. The minimum Gasteiger partial charge on any atom is -0.356 e. The zero-order valence-corrected chi connectivity index (χ0v) is 15.1. The average molecular weight is 384 g/mol. The lowest BCUT2D eigenvalue weighted by atomic mass is 9.96. The van der Waals surface area contributed by atoms with Crippen LogP contribution in [-0.4, -0.2) is 48.3 Å². The molecule has 0 aliphatic carbocycles. The van der Waals surface area contributed by atoms with E-state index in [1.54, 1.807) is 12.1 Å². The Labute approximate surface area is 155 Å². The Morgan fingerprint density at radius 1 is 1.07 bits per heavy atom.